The van der Waals surface area contributed by atoms with Gasteiger partial charge >= 0.3 is 0 Å². The van der Waals surface area contributed by atoms with E-state index in [0.29, 0.717) is 10.6 Å². The molecule has 2 aromatic rings. The van der Waals surface area contributed by atoms with Gasteiger partial charge in [-0.3, -0.25) is 4.79 Å². The summed E-state index contributed by atoms with van der Waals surface area (Å²) in [6.45, 7) is 1.92. The quantitative estimate of drug-likeness (QED) is 0.709. The molecule has 0 saturated carbocycles. The second kappa shape index (κ2) is 4.50. The van der Waals surface area contributed by atoms with Crippen molar-refractivity contribution in [3.63, 3.8) is 0 Å². The van der Waals surface area contributed by atoms with Gasteiger partial charge < -0.3 is 0 Å². The maximum absolute atomic E-state index is 10.9. The van der Waals surface area contributed by atoms with Crippen molar-refractivity contribution in [3.8, 4) is 11.1 Å². The summed E-state index contributed by atoms with van der Waals surface area (Å²) in [6.07, 6.45) is 0.871. The zero-order valence-corrected chi connectivity index (χ0v) is 9.66. The first-order chi connectivity index (χ1) is 7.72. The number of hydrogen-bond acceptors (Lipinski definition) is 1. The zero-order valence-electron chi connectivity index (χ0n) is 8.91. The number of aryl methyl sites for hydroxylation is 1. The van der Waals surface area contributed by atoms with Crippen molar-refractivity contribution in [2.45, 2.75) is 6.92 Å². The summed E-state index contributed by atoms with van der Waals surface area (Å²) in [4.78, 5) is 10.9. The van der Waals surface area contributed by atoms with E-state index >= 15 is 0 Å². The zero-order chi connectivity index (χ0) is 11.5. The van der Waals surface area contributed by atoms with Crippen molar-refractivity contribution in [2.24, 2.45) is 0 Å². The van der Waals surface area contributed by atoms with Gasteiger partial charge in [0.15, 0.2) is 0 Å². The van der Waals surface area contributed by atoms with E-state index in [2.05, 4.69) is 0 Å². The standard InChI is InChI=1S/C14H11ClO/c1-10-6-7-11(8-12(10)9-16)13-4-2-3-5-14(13)15/h2-9H,1H3. The van der Waals surface area contributed by atoms with Gasteiger partial charge in [-0.05, 0) is 30.2 Å². The second-order valence-corrected chi connectivity index (χ2v) is 4.08. The number of benzene rings is 2. The van der Waals surface area contributed by atoms with Gasteiger partial charge in [0.2, 0.25) is 0 Å². The Bertz CT molecular complexity index is 532. The van der Waals surface area contributed by atoms with E-state index in [4.69, 9.17) is 11.6 Å². The lowest BCUT2D eigenvalue weighted by molar-refractivity contribution is 0.112. The van der Waals surface area contributed by atoms with E-state index in [1.807, 2.05) is 49.4 Å². The Labute approximate surface area is 99.7 Å². The molecule has 0 N–H and O–H groups in total. The molecule has 0 fully saturated rings. The molecule has 0 aliphatic rings. The van der Waals surface area contributed by atoms with E-state index < -0.39 is 0 Å². The molecule has 1 nitrogen and oxygen atoms in total. The lowest BCUT2D eigenvalue weighted by Crippen LogP contribution is -1.88. The molecule has 0 atom stereocenters. The molecule has 2 rings (SSSR count). The van der Waals surface area contributed by atoms with Gasteiger partial charge in [-0.2, -0.15) is 0 Å². The normalized spacial score (nSPS) is 10.1. The lowest BCUT2D eigenvalue weighted by atomic mass is 10.0. The number of carbonyl (C=O) groups is 1. The van der Waals surface area contributed by atoms with Crippen LogP contribution >= 0.6 is 11.6 Å². The topological polar surface area (TPSA) is 17.1 Å². The predicted octanol–water partition coefficient (Wildman–Crippen LogP) is 4.13. The maximum atomic E-state index is 10.9. The highest BCUT2D eigenvalue weighted by Crippen LogP contribution is 2.28. The lowest BCUT2D eigenvalue weighted by Gasteiger charge is -2.06. The van der Waals surface area contributed by atoms with Crippen LogP contribution in [0.3, 0.4) is 0 Å². The van der Waals surface area contributed by atoms with Gasteiger partial charge in [0.05, 0.1) is 0 Å². The van der Waals surface area contributed by atoms with Gasteiger partial charge in [0.1, 0.15) is 6.29 Å². The fraction of sp³-hybridized carbons (Fsp3) is 0.0714. The van der Waals surface area contributed by atoms with E-state index in [1.54, 1.807) is 0 Å². The van der Waals surface area contributed by atoms with Gasteiger partial charge in [0, 0.05) is 16.1 Å². The number of halogens is 1. The highest BCUT2D eigenvalue weighted by Gasteiger charge is 2.04. The van der Waals surface area contributed by atoms with Gasteiger partial charge in [0.25, 0.3) is 0 Å². The maximum Gasteiger partial charge on any atom is 0.150 e. The summed E-state index contributed by atoms with van der Waals surface area (Å²) in [5.74, 6) is 0. The summed E-state index contributed by atoms with van der Waals surface area (Å²) < 4.78 is 0. The second-order valence-electron chi connectivity index (χ2n) is 3.67. The minimum absolute atomic E-state index is 0.697. The molecule has 0 spiro atoms. The van der Waals surface area contributed by atoms with Crippen LogP contribution in [0.5, 0.6) is 0 Å². The number of hydrogen-bond donors (Lipinski definition) is 0. The Morgan fingerprint density at radius 1 is 1.12 bits per heavy atom. The van der Waals surface area contributed by atoms with Crippen molar-refractivity contribution in [1.29, 1.82) is 0 Å². The van der Waals surface area contributed by atoms with Crippen LogP contribution in [-0.4, -0.2) is 6.29 Å². The van der Waals surface area contributed by atoms with Crippen molar-refractivity contribution in [2.75, 3.05) is 0 Å². The SMILES string of the molecule is Cc1ccc(-c2ccccc2Cl)cc1C=O. The minimum Gasteiger partial charge on any atom is -0.298 e. The van der Waals surface area contributed by atoms with E-state index in [9.17, 15) is 4.79 Å². The smallest absolute Gasteiger partial charge is 0.150 e. The molecule has 0 saturated heterocycles. The molecule has 0 aromatic heterocycles. The Kier molecular flexibility index (Phi) is 3.07. The summed E-state index contributed by atoms with van der Waals surface area (Å²) in [6, 6.07) is 13.4. The van der Waals surface area contributed by atoms with Gasteiger partial charge in [-0.15, -0.1) is 0 Å². The molecule has 2 aromatic carbocycles. The van der Waals surface area contributed by atoms with Crippen molar-refractivity contribution in [3.05, 3.63) is 58.6 Å². The van der Waals surface area contributed by atoms with Crippen LogP contribution in [0.1, 0.15) is 15.9 Å². The average molecular weight is 231 g/mol. The first kappa shape index (κ1) is 10.9. The summed E-state index contributed by atoms with van der Waals surface area (Å²) in [5.41, 5.74) is 3.61. The molecule has 0 aliphatic carbocycles. The first-order valence-electron chi connectivity index (χ1n) is 5.03. The molecule has 0 amide bonds. The van der Waals surface area contributed by atoms with Crippen LogP contribution in [0, 0.1) is 6.92 Å². The molecule has 0 radical (unpaired) electrons. The van der Waals surface area contributed by atoms with E-state index in [1.165, 1.54) is 0 Å². The highest BCUT2D eigenvalue weighted by atomic mass is 35.5. The summed E-state index contributed by atoms with van der Waals surface area (Å²) >= 11 is 6.11. The highest BCUT2D eigenvalue weighted by molar-refractivity contribution is 6.33. The van der Waals surface area contributed by atoms with E-state index in [-0.39, 0.29) is 0 Å². The molecule has 0 aliphatic heterocycles. The Balaban J connectivity index is 2.57. The molecule has 0 unspecified atom stereocenters. The first-order valence-corrected chi connectivity index (χ1v) is 5.41. The Morgan fingerprint density at radius 3 is 2.56 bits per heavy atom. The van der Waals surface area contributed by atoms with Crippen LogP contribution in [0.15, 0.2) is 42.5 Å². The van der Waals surface area contributed by atoms with Crippen LogP contribution in [0.25, 0.3) is 11.1 Å². The van der Waals surface area contributed by atoms with Crippen LogP contribution in [0.2, 0.25) is 5.02 Å². The van der Waals surface area contributed by atoms with Crippen molar-refractivity contribution < 1.29 is 4.79 Å². The molecule has 16 heavy (non-hydrogen) atoms. The minimum atomic E-state index is 0.697. The third kappa shape index (κ3) is 2.00. The molecule has 2 heteroatoms. The monoisotopic (exact) mass is 230 g/mol. The molecular weight excluding hydrogens is 220 g/mol. The third-order valence-electron chi connectivity index (χ3n) is 2.59. The third-order valence-corrected chi connectivity index (χ3v) is 2.92. The molecular formula is C14H11ClO. The Morgan fingerprint density at radius 2 is 1.88 bits per heavy atom. The predicted molar refractivity (Wildman–Crippen MR) is 67.0 cm³/mol. The fourth-order valence-corrected chi connectivity index (χ4v) is 1.88. The molecule has 0 bridgehead atoms. The molecule has 0 heterocycles. The number of carbonyl (C=O) groups excluding carboxylic acids is 1. The number of rotatable bonds is 2. The van der Waals surface area contributed by atoms with Gasteiger partial charge in [-0.25, -0.2) is 0 Å². The molecule has 80 valence electrons. The Hall–Kier alpha value is -1.60. The average Bonchev–Trinajstić information content (AvgIpc) is 2.31. The number of aldehydes is 1. The summed E-state index contributed by atoms with van der Waals surface area (Å²) in [7, 11) is 0. The van der Waals surface area contributed by atoms with Gasteiger partial charge in [-0.1, -0.05) is 41.9 Å². The fourth-order valence-electron chi connectivity index (χ4n) is 1.63. The van der Waals surface area contributed by atoms with Crippen LogP contribution < -0.4 is 0 Å². The van der Waals surface area contributed by atoms with Crippen LogP contribution in [0.4, 0.5) is 0 Å². The van der Waals surface area contributed by atoms with Crippen LogP contribution in [-0.2, 0) is 0 Å². The van der Waals surface area contributed by atoms with Crippen molar-refractivity contribution in [1.82, 2.24) is 0 Å². The van der Waals surface area contributed by atoms with Crippen molar-refractivity contribution >= 4 is 17.9 Å². The van der Waals surface area contributed by atoms with E-state index in [0.717, 1.165) is 23.0 Å². The summed E-state index contributed by atoms with van der Waals surface area (Å²) in [5, 5.41) is 0.697. The largest absolute Gasteiger partial charge is 0.298 e.